The van der Waals surface area contributed by atoms with E-state index in [2.05, 4.69) is 39.4 Å². The zero-order valence-electron chi connectivity index (χ0n) is 14.7. The summed E-state index contributed by atoms with van der Waals surface area (Å²) in [7, 11) is 0. The van der Waals surface area contributed by atoms with E-state index in [9.17, 15) is 10.1 Å². The first-order valence-electron chi connectivity index (χ1n) is 8.67. The summed E-state index contributed by atoms with van der Waals surface area (Å²) in [6.07, 6.45) is 1.81. The molecule has 0 radical (unpaired) electrons. The molecule has 134 valence electrons. The van der Waals surface area contributed by atoms with Gasteiger partial charge < -0.3 is 10.1 Å². The second-order valence-corrected chi connectivity index (χ2v) is 7.60. The summed E-state index contributed by atoms with van der Waals surface area (Å²) >= 11 is 3.57. The molecule has 1 saturated heterocycles. The third kappa shape index (κ3) is 3.98. The van der Waals surface area contributed by atoms with Crippen LogP contribution >= 0.6 is 15.9 Å². The van der Waals surface area contributed by atoms with Gasteiger partial charge in [0.25, 0.3) is 0 Å². The van der Waals surface area contributed by atoms with Gasteiger partial charge in [-0.1, -0.05) is 28.1 Å². The van der Waals surface area contributed by atoms with Crippen molar-refractivity contribution in [1.29, 1.82) is 5.26 Å². The summed E-state index contributed by atoms with van der Waals surface area (Å²) in [6.45, 7) is 3.65. The number of nitrogens with zero attached hydrogens (tertiary/aromatic N) is 1. The van der Waals surface area contributed by atoms with Crippen LogP contribution in [0.1, 0.15) is 41.3 Å². The molecule has 1 aliphatic heterocycles. The number of benzene rings is 2. The topological polar surface area (TPSA) is 62.1 Å². The molecule has 1 N–H and O–H groups in total. The molecule has 1 heterocycles. The second-order valence-electron chi connectivity index (χ2n) is 6.68. The molecule has 1 fully saturated rings. The van der Waals surface area contributed by atoms with Crippen LogP contribution < -0.4 is 5.32 Å². The summed E-state index contributed by atoms with van der Waals surface area (Å²) in [4.78, 5) is 11.7. The number of hydrogen-bond donors (Lipinski definition) is 1. The normalized spacial score (nSPS) is 15.9. The fourth-order valence-corrected chi connectivity index (χ4v) is 3.82. The quantitative estimate of drug-likeness (QED) is 0.723. The Bertz CT molecular complexity index is 851. The molecule has 2 aromatic rings. The highest BCUT2D eigenvalue weighted by molar-refractivity contribution is 9.10. The maximum Gasteiger partial charge on any atom is 0.159 e. The molecule has 3 rings (SSSR count). The molecule has 0 bridgehead atoms. The molecule has 4 nitrogen and oxygen atoms in total. The van der Waals surface area contributed by atoms with Gasteiger partial charge in [-0.25, -0.2) is 0 Å². The van der Waals surface area contributed by atoms with E-state index in [1.54, 1.807) is 18.2 Å². The minimum absolute atomic E-state index is 0.00897. The Kier molecular flexibility index (Phi) is 5.75. The van der Waals surface area contributed by atoms with Crippen molar-refractivity contribution in [2.24, 2.45) is 0 Å². The lowest BCUT2D eigenvalue weighted by atomic mass is 9.74. The standard InChI is InChI=1S/C21H21BrN2O2/c1-15(25)16-5-6-17(13-23)20(11-16)24-14-21(7-9-26-10-8-21)18-3-2-4-19(22)12-18/h2-6,11-12,24H,7-10,14H2,1H3. The number of rotatable bonds is 5. The molecule has 0 aliphatic carbocycles. The molecule has 0 atom stereocenters. The first kappa shape index (κ1) is 18.6. The third-order valence-electron chi connectivity index (χ3n) is 5.05. The number of nitrogens with one attached hydrogen (secondary N) is 1. The SMILES string of the molecule is CC(=O)c1ccc(C#N)c(NCC2(c3cccc(Br)c3)CCOCC2)c1. The summed E-state index contributed by atoms with van der Waals surface area (Å²) < 4.78 is 6.64. The average molecular weight is 413 g/mol. The maximum atomic E-state index is 11.7. The summed E-state index contributed by atoms with van der Waals surface area (Å²) in [6, 6.07) is 15.8. The van der Waals surface area contributed by atoms with Gasteiger partial charge in [-0.15, -0.1) is 0 Å². The van der Waals surface area contributed by atoms with Crippen molar-refractivity contribution >= 4 is 27.4 Å². The lowest BCUT2D eigenvalue weighted by molar-refractivity contribution is 0.0544. The molecule has 0 unspecified atom stereocenters. The monoisotopic (exact) mass is 412 g/mol. The van der Waals surface area contributed by atoms with Crippen LogP contribution in [0.15, 0.2) is 46.9 Å². The van der Waals surface area contributed by atoms with E-state index in [1.807, 2.05) is 12.1 Å². The van der Waals surface area contributed by atoms with Crippen LogP contribution in [0.2, 0.25) is 0 Å². The number of Topliss-reactive ketones (excluding diaryl/α,β-unsaturated/α-hetero) is 1. The third-order valence-corrected chi connectivity index (χ3v) is 5.54. The summed E-state index contributed by atoms with van der Waals surface area (Å²) in [5.41, 5.74) is 3.05. The zero-order valence-corrected chi connectivity index (χ0v) is 16.3. The van der Waals surface area contributed by atoms with Gasteiger partial charge in [-0.05, 0) is 55.7 Å². The van der Waals surface area contributed by atoms with Crippen LogP contribution in [0.25, 0.3) is 0 Å². The van der Waals surface area contributed by atoms with Crippen molar-refractivity contribution in [2.75, 3.05) is 25.1 Å². The molecule has 0 amide bonds. The van der Waals surface area contributed by atoms with E-state index >= 15 is 0 Å². The molecule has 0 aromatic heterocycles. The largest absolute Gasteiger partial charge is 0.383 e. The highest BCUT2D eigenvalue weighted by Gasteiger charge is 2.34. The zero-order chi connectivity index (χ0) is 18.6. The number of ether oxygens (including phenoxy) is 1. The number of carbonyl (C=O) groups excluding carboxylic acids is 1. The Hall–Kier alpha value is -2.16. The molecule has 1 aliphatic rings. The van der Waals surface area contributed by atoms with Crippen LogP contribution in [-0.4, -0.2) is 25.5 Å². The van der Waals surface area contributed by atoms with Crippen molar-refractivity contribution in [1.82, 2.24) is 0 Å². The van der Waals surface area contributed by atoms with Gasteiger partial charge in [0.1, 0.15) is 6.07 Å². The van der Waals surface area contributed by atoms with Crippen LogP contribution in [0.3, 0.4) is 0 Å². The lowest BCUT2D eigenvalue weighted by Crippen LogP contribution is -2.40. The molecular formula is C21H21BrN2O2. The van der Waals surface area contributed by atoms with E-state index in [0.717, 1.165) is 17.3 Å². The van der Waals surface area contributed by atoms with E-state index in [0.29, 0.717) is 36.6 Å². The van der Waals surface area contributed by atoms with Gasteiger partial charge in [0.05, 0.1) is 11.3 Å². The predicted molar refractivity (Wildman–Crippen MR) is 106 cm³/mol. The van der Waals surface area contributed by atoms with Crippen molar-refractivity contribution in [3.05, 3.63) is 63.6 Å². The predicted octanol–water partition coefficient (Wildman–Crippen LogP) is 4.68. The minimum Gasteiger partial charge on any atom is -0.383 e. The van der Waals surface area contributed by atoms with Crippen molar-refractivity contribution in [2.45, 2.75) is 25.2 Å². The van der Waals surface area contributed by atoms with Gasteiger partial charge >= 0.3 is 0 Å². The molecule has 2 aromatic carbocycles. The number of ketones is 1. The number of carbonyl (C=O) groups is 1. The molecule has 0 spiro atoms. The number of anilines is 1. The lowest BCUT2D eigenvalue weighted by Gasteiger charge is -2.38. The highest BCUT2D eigenvalue weighted by Crippen LogP contribution is 2.36. The number of nitriles is 1. The molecule has 0 saturated carbocycles. The maximum absolute atomic E-state index is 11.7. The Morgan fingerprint density at radius 2 is 2.04 bits per heavy atom. The van der Waals surface area contributed by atoms with Gasteiger partial charge in [-0.3, -0.25) is 4.79 Å². The number of hydrogen-bond acceptors (Lipinski definition) is 4. The van der Waals surface area contributed by atoms with Gasteiger partial charge in [0.15, 0.2) is 5.78 Å². The Balaban J connectivity index is 1.91. The van der Waals surface area contributed by atoms with Gasteiger partial charge in [0, 0.05) is 35.2 Å². The fraction of sp³-hybridized carbons (Fsp3) is 0.333. The van der Waals surface area contributed by atoms with Crippen LogP contribution in [-0.2, 0) is 10.2 Å². The highest BCUT2D eigenvalue weighted by atomic mass is 79.9. The smallest absolute Gasteiger partial charge is 0.159 e. The van der Waals surface area contributed by atoms with Crippen molar-refractivity contribution in [3.63, 3.8) is 0 Å². The van der Waals surface area contributed by atoms with Crippen molar-refractivity contribution in [3.8, 4) is 6.07 Å². The number of halogens is 1. The first-order valence-corrected chi connectivity index (χ1v) is 9.46. The minimum atomic E-state index is -0.0685. The second kappa shape index (κ2) is 8.03. The van der Waals surface area contributed by atoms with E-state index < -0.39 is 0 Å². The van der Waals surface area contributed by atoms with Crippen LogP contribution in [0.4, 0.5) is 5.69 Å². The van der Waals surface area contributed by atoms with E-state index in [1.165, 1.54) is 12.5 Å². The average Bonchev–Trinajstić information content (AvgIpc) is 2.67. The van der Waals surface area contributed by atoms with E-state index in [4.69, 9.17) is 4.74 Å². The van der Waals surface area contributed by atoms with Gasteiger partial charge in [0.2, 0.25) is 0 Å². The first-order chi connectivity index (χ1) is 12.5. The summed E-state index contributed by atoms with van der Waals surface area (Å²) in [5.74, 6) is -0.00897. The van der Waals surface area contributed by atoms with Crippen molar-refractivity contribution < 1.29 is 9.53 Å². The van der Waals surface area contributed by atoms with Crippen LogP contribution in [0, 0.1) is 11.3 Å². The Morgan fingerprint density at radius 1 is 1.27 bits per heavy atom. The van der Waals surface area contributed by atoms with Gasteiger partial charge in [-0.2, -0.15) is 5.26 Å². The fourth-order valence-electron chi connectivity index (χ4n) is 3.42. The molecule has 26 heavy (non-hydrogen) atoms. The Labute approximate surface area is 162 Å². The van der Waals surface area contributed by atoms with E-state index in [-0.39, 0.29) is 11.2 Å². The molecule has 5 heteroatoms. The Morgan fingerprint density at radius 3 is 2.69 bits per heavy atom. The summed E-state index contributed by atoms with van der Waals surface area (Å²) in [5, 5.41) is 12.8. The molecular weight excluding hydrogens is 392 g/mol. The van der Waals surface area contributed by atoms with Crippen LogP contribution in [0.5, 0.6) is 0 Å².